The molecule has 0 radical (unpaired) electrons. The number of nitrogens with zero attached hydrogens (tertiary/aromatic N) is 5. The van der Waals surface area contributed by atoms with Crippen molar-refractivity contribution in [2.45, 2.75) is 13.8 Å². The average Bonchev–Trinajstić information content (AvgIpc) is 2.76. The highest BCUT2D eigenvalue weighted by molar-refractivity contribution is 5.54. The number of rotatable bonds is 3. The number of tetrazole rings is 1. The number of hydrogen-bond donors (Lipinski definition) is 0. The van der Waals surface area contributed by atoms with E-state index in [1.807, 2.05) is 13.8 Å². The van der Waals surface area contributed by atoms with Crippen molar-refractivity contribution in [3.8, 4) is 17.5 Å². The first-order valence-electron chi connectivity index (χ1n) is 4.55. The van der Waals surface area contributed by atoms with Crippen molar-refractivity contribution >= 4 is 0 Å². The van der Waals surface area contributed by atoms with Gasteiger partial charge in [0.05, 0.1) is 12.2 Å². The molecule has 0 bridgehead atoms. The lowest BCUT2D eigenvalue weighted by Crippen LogP contribution is -1.96. The van der Waals surface area contributed by atoms with Crippen molar-refractivity contribution in [3.63, 3.8) is 0 Å². The summed E-state index contributed by atoms with van der Waals surface area (Å²) in [4.78, 5) is 0. The molecule has 0 saturated carbocycles. The van der Waals surface area contributed by atoms with Crippen LogP contribution in [0.3, 0.4) is 0 Å². The van der Waals surface area contributed by atoms with Crippen molar-refractivity contribution < 1.29 is 9.26 Å². The Morgan fingerprint density at radius 2 is 2.27 bits per heavy atom. The van der Waals surface area contributed by atoms with Gasteiger partial charge in [-0.05, 0) is 29.4 Å². The van der Waals surface area contributed by atoms with Crippen LogP contribution in [0.5, 0.6) is 5.88 Å². The maximum Gasteiger partial charge on any atom is 0.257 e. The van der Waals surface area contributed by atoms with Crippen LogP contribution >= 0.6 is 0 Å². The third-order valence-corrected chi connectivity index (χ3v) is 1.99. The first-order valence-corrected chi connectivity index (χ1v) is 4.55. The van der Waals surface area contributed by atoms with Gasteiger partial charge in [-0.2, -0.15) is 0 Å². The van der Waals surface area contributed by atoms with Gasteiger partial charge in [0.2, 0.25) is 11.6 Å². The zero-order chi connectivity index (χ0) is 10.8. The van der Waals surface area contributed by atoms with E-state index in [0.717, 1.165) is 5.56 Å². The second kappa shape index (κ2) is 3.68. The minimum Gasteiger partial charge on any atom is -0.476 e. The van der Waals surface area contributed by atoms with Crippen LogP contribution < -0.4 is 4.74 Å². The topological polar surface area (TPSA) is 78.9 Å². The predicted octanol–water partition coefficient (Wildman–Crippen LogP) is 0.572. The molecule has 0 fully saturated rings. The van der Waals surface area contributed by atoms with Gasteiger partial charge in [0.1, 0.15) is 0 Å². The van der Waals surface area contributed by atoms with Gasteiger partial charge in [-0.25, -0.2) is 4.68 Å². The molecular weight excluding hydrogens is 198 g/mol. The first kappa shape index (κ1) is 9.63. The van der Waals surface area contributed by atoms with E-state index in [2.05, 4.69) is 20.7 Å². The lowest BCUT2D eigenvalue weighted by atomic mass is 10.3. The van der Waals surface area contributed by atoms with E-state index in [9.17, 15) is 0 Å². The third-order valence-electron chi connectivity index (χ3n) is 1.99. The average molecular weight is 209 g/mol. The highest BCUT2D eigenvalue weighted by atomic mass is 16.5. The Morgan fingerprint density at radius 3 is 2.87 bits per heavy atom. The number of hydrogen-bond acceptors (Lipinski definition) is 6. The molecule has 0 aliphatic rings. The van der Waals surface area contributed by atoms with E-state index >= 15 is 0 Å². The summed E-state index contributed by atoms with van der Waals surface area (Å²) >= 11 is 0. The molecule has 15 heavy (non-hydrogen) atoms. The van der Waals surface area contributed by atoms with Crippen LogP contribution in [0.1, 0.15) is 12.5 Å². The van der Waals surface area contributed by atoms with E-state index in [0.29, 0.717) is 24.1 Å². The van der Waals surface area contributed by atoms with Crippen LogP contribution in [-0.4, -0.2) is 32.0 Å². The summed E-state index contributed by atoms with van der Waals surface area (Å²) in [5, 5.41) is 14.9. The summed E-state index contributed by atoms with van der Waals surface area (Å²) in [6.45, 7) is 4.28. The van der Waals surface area contributed by atoms with Crippen LogP contribution in [0.25, 0.3) is 11.6 Å². The maximum absolute atomic E-state index is 5.27. The van der Waals surface area contributed by atoms with Crippen LogP contribution in [-0.2, 0) is 7.05 Å². The standard InChI is InChI=1S/C8H11N5O2/c1-4-14-8-5(2)6(15-10-8)7-9-11-12-13(7)3/h4H2,1-3H3. The zero-order valence-electron chi connectivity index (χ0n) is 8.76. The van der Waals surface area contributed by atoms with Gasteiger partial charge in [-0.15, -0.1) is 5.10 Å². The summed E-state index contributed by atoms with van der Waals surface area (Å²) in [5.41, 5.74) is 0.801. The summed E-state index contributed by atoms with van der Waals surface area (Å²) in [6, 6.07) is 0. The molecule has 0 amide bonds. The van der Waals surface area contributed by atoms with Crippen molar-refractivity contribution in [2.24, 2.45) is 7.05 Å². The van der Waals surface area contributed by atoms with Gasteiger partial charge in [-0.1, -0.05) is 0 Å². The number of ether oxygens (including phenoxy) is 1. The Hall–Kier alpha value is -1.92. The van der Waals surface area contributed by atoms with Crippen molar-refractivity contribution in [1.29, 1.82) is 0 Å². The summed E-state index contributed by atoms with van der Waals surface area (Å²) < 4.78 is 11.9. The molecule has 2 aromatic heterocycles. The molecule has 80 valence electrons. The second-order valence-electron chi connectivity index (χ2n) is 3.00. The Labute approximate surface area is 86.0 Å². The molecule has 0 aliphatic carbocycles. The Kier molecular flexibility index (Phi) is 2.36. The Bertz CT molecular complexity index is 461. The van der Waals surface area contributed by atoms with Crippen LogP contribution in [0.4, 0.5) is 0 Å². The fraction of sp³-hybridized carbons (Fsp3) is 0.500. The third kappa shape index (κ3) is 1.56. The van der Waals surface area contributed by atoms with Gasteiger partial charge >= 0.3 is 0 Å². The largest absolute Gasteiger partial charge is 0.476 e. The van der Waals surface area contributed by atoms with Crippen molar-refractivity contribution in [3.05, 3.63) is 5.56 Å². The van der Waals surface area contributed by atoms with E-state index in [-0.39, 0.29) is 0 Å². The van der Waals surface area contributed by atoms with Crippen molar-refractivity contribution in [2.75, 3.05) is 6.61 Å². The molecular formula is C8H11N5O2. The van der Waals surface area contributed by atoms with Crippen molar-refractivity contribution in [1.82, 2.24) is 25.4 Å². The second-order valence-corrected chi connectivity index (χ2v) is 3.00. The number of aryl methyl sites for hydroxylation is 1. The molecule has 2 aromatic rings. The van der Waals surface area contributed by atoms with Gasteiger partial charge < -0.3 is 9.26 Å². The van der Waals surface area contributed by atoms with E-state index < -0.39 is 0 Å². The first-order chi connectivity index (χ1) is 7.24. The number of aromatic nitrogens is 5. The smallest absolute Gasteiger partial charge is 0.257 e. The molecule has 2 rings (SSSR count). The molecule has 0 unspecified atom stereocenters. The Balaban J connectivity index is 2.42. The fourth-order valence-corrected chi connectivity index (χ4v) is 1.22. The molecule has 0 aromatic carbocycles. The molecule has 0 N–H and O–H groups in total. The van der Waals surface area contributed by atoms with E-state index in [4.69, 9.17) is 9.26 Å². The lowest BCUT2D eigenvalue weighted by Gasteiger charge is -1.97. The lowest BCUT2D eigenvalue weighted by molar-refractivity contribution is 0.295. The SMILES string of the molecule is CCOc1noc(-c2nnnn2C)c1C. The fourth-order valence-electron chi connectivity index (χ4n) is 1.22. The predicted molar refractivity (Wildman–Crippen MR) is 50.2 cm³/mol. The minimum atomic E-state index is 0.482. The Morgan fingerprint density at radius 1 is 1.47 bits per heavy atom. The summed E-state index contributed by atoms with van der Waals surface area (Å²) in [7, 11) is 1.73. The molecule has 0 saturated heterocycles. The highest BCUT2D eigenvalue weighted by Crippen LogP contribution is 2.27. The molecule has 7 heteroatoms. The molecule has 2 heterocycles. The van der Waals surface area contributed by atoms with E-state index in [1.54, 1.807) is 7.05 Å². The monoisotopic (exact) mass is 209 g/mol. The zero-order valence-corrected chi connectivity index (χ0v) is 8.76. The highest BCUT2D eigenvalue weighted by Gasteiger charge is 2.19. The van der Waals surface area contributed by atoms with Crippen LogP contribution in [0.2, 0.25) is 0 Å². The molecule has 0 aliphatic heterocycles. The normalized spacial score (nSPS) is 10.6. The van der Waals surface area contributed by atoms with Gasteiger partial charge in [0.25, 0.3) is 5.88 Å². The van der Waals surface area contributed by atoms with E-state index in [1.165, 1.54) is 4.68 Å². The molecule has 0 spiro atoms. The van der Waals surface area contributed by atoms with Gasteiger partial charge in [0.15, 0.2) is 0 Å². The van der Waals surface area contributed by atoms with Crippen LogP contribution in [0, 0.1) is 6.92 Å². The molecule has 7 nitrogen and oxygen atoms in total. The quantitative estimate of drug-likeness (QED) is 0.735. The maximum atomic E-state index is 5.27. The minimum absolute atomic E-state index is 0.482. The summed E-state index contributed by atoms with van der Waals surface area (Å²) in [6.07, 6.45) is 0. The van der Waals surface area contributed by atoms with Crippen LogP contribution in [0.15, 0.2) is 4.52 Å². The van der Waals surface area contributed by atoms with Gasteiger partial charge in [0, 0.05) is 7.05 Å². The molecule has 0 atom stereocenters. The van der Waals surface area contributed by atoms with Gasteiger partial charge in [-0.3, -0.25) is 0 Å². The summed E-state index contributed by atoms with van der Waals surface area (Å²) in [5.74, 6) is 1.55.